The maximum Gasteiger partial charge on any atom is 0.337 e. The van der Waals surface area contributed by atoms with E-state index in [1.807, 2.05) is 30.3 Å². The third-order valence-corrected chi connectivity index (χ3v) is 5.28. The van der Waals surface area contributed by atoms with Gasteiger partial charge in [0.1, 0.15) is 0 Å². The average molecular weight is 340 g/mol. The topological polar surface area (TPSA) is 42.2 Å². The number of aryl methyl sites for hydroxylation is 1. The molecule has 24 heavy (non-hydrogen) atoms. The zero-order valence-corrected chi connectivity index (χ0v) is 14.0. The Morgan fingerprint density at radius 3 is 2.67 bits per heavy atom. The van der Waals surface area contributed by atoms with Crippen LogP contribution in [0.4, 0.5) is 0 Å². The molecule has 0 saturated carbocycles. The lowest BCUT2D eigenvalue weighted by Gasteiger charge is -2.17. The van der Waals surface area contributed by atoms with Gasteiger partial charge in [0.25, 0.3) is 0 Å². The number of hydrogen-bond donors (Lipinski definition) is 1. The monoisotopic (exact) mass is 339 g/mol. The maximum atomic E-state index is 11.8. The Hall–Kier alpha value is -2.26. The molecule has 1 aliphatic rings. The van der Waals surface area contributed by atoms with Crippen LogP contribution in [-0.4, -0.2) is 15.6 Å². The van der Waals surface area contributed by atoms with Crippen LogP contribution in [0.3, 0.4) is 0 Å². The minimum atomic E-state index is -0.879. The largest absolute Gasteiger partial charge is 0.478 e. The second kappa shape index (κ2) is 5.99. The molecule has 1 aromatic heterocycles. The summed E-state index contributed by atoms with van der Waals surface area (Å²) in [5, 5.41) is 11.4. The fraction of sp³-hybridized carbons (Fsp3) is 0.250. The van der Waals surface area contributed by atoms with Crippen molar-refractivity contribution in [3.63, 3.8) is 0 Å². The number of carbonyl (C=O) groups is 1. The summed E-state index contributed by atoms with van der Waals surface area (Å²) in [6, 6.07) is 13.4. The van der Waals surface area contributed by atoms with E-state index < -0.39 is 5.97 Å². The predicted molar refractivity (Wildman–Crippen MR) is 96.1 cm³/mol. The minimum absolute atomic E-state index is 0.369. The summed E-state index contributed by atoms with van der Waals surface area (Å²) >= 11 is 6.35. The third kappa shape index (κ3) is 2.40. The van der Waals surface area contributed by atoms with E-state index >= 15 is 0 Å². The highest BCUT2D eigenvalue weighted by atomic mass is 35.5. The van der Waals surface area contributed by atoms with Gasteiger partial charge in [-0.05, 0) is 48.9 Å². The van der Waals surface area contributed by atoms with Crippen LogP contribution >= 0.6 is 11.6 Å². The fourth-order valence-electron chi connectivity index (χ4n) is 3.83. The van der Waals surface area contributed by atoms with Crippen LogP contribution in [-0.2, 0) is 19.4 Å². The molecule has 0 saturated heterocycles. The van der Waals surface area contributed by atoms with E-state index in [1.165, 1.54) is 11.3 Å². The second-order valence-corrected chi connectivity index (χ2v) is 6.72. The zero-order valence-electron chi connectivity index (χ0n) is 13.3. The van der Waals surface area contributed by atoms with Crippen molar-refractivity contribution >= 4 is 28.5 Å². The molecule has 1 aliphatic carbocycles. The van der Waals surface area contributed by atoms with Gasteiger partial charge < -0.3 is 9.67 Å². The van der Waals surface area contributed by atoms with Crippen molar-refractivity contribution in [3.05, 3.63) is 69.9 Å². The Kier molecular flexibility index (Phi) is 3.81. The molecule has 0 amide bonds. The number of carboxylic acids is 1. The highest BCUT2D eigenvalue weighted by Crippen LogP contribution is 2.35. The number of para-hydroxylation sites is 1. The first-order valence-corrected chi connectivity index (χ1v) is 8.64. The molecule has 0 unspecified atom stereocenters. The number of aromatic carboxylic acids is 1. The van der Waals surface area contributed by atoms with Gasteiger partial charge in [-0.2, -0.15) is 0 Å². The number of hydrogen-bond acceptors (Lipinski definition) is 1. The summed E-state index contributed by atoms with van der Waals surface area (Å²) in [4.78, 5) is 11.8. The summed E-state index contributed by atoms with van der Waals surface area (Å²) in [7, 11) is 0. The maximum absolute atomic E-state index is 11.8. The third-order valence-electron chi connectivity index (χ3n) is 4.91. The molecular weight excluding hydrogens is 322 g/mol. The van der Waals surface area contributed by atoms with Crippen LogP contribution < -0.4 is 0 Å². The average Bonchev–Trinajstić information content (AvgIpc) is 2.91. The van der Waals surface area contributed by atoms with Gasteiger partial charge in [0.05, 0.1) is 11.1 Å². The van der Waals surface area contributed by atoms with Crippen LogP contribution in [0, 0.1) is 0 Å². The van der Waals surface area contributed by atoms with E-state index in [9.17, 15) is 9.90 Å². The van der Waals surface area contributed by atoms with Gasteiger partial charge in [0.15, 0.2) is 0 Å². The lowest BCUT2D eigenvalue weighted by atomic mass is 9.95. The number of carboxylic acid groups (broad SMARTS) is 1. The molecule has 0 atom stereocenters. The van der Waals surface area contributed by atoms with Crippen LogP contribution in [0.2, 0.25) is 5.02 Å². The second-order valence-electron chi connectivity index (χ2n) is 6.32. The fourth-order valence-corrected chi connectivity index (χ4v) is 4.03. The summed E-state index contributed by atoms with van der Waals surface area (Å²) in [6.45, 7) is 0.607. The number of nitrogens with zero attached hydrogens (tertiary/aromatic N) is 1. The van der Waals surface area contributed by atoms with Crippen molar-refractivity contribution < 1.29 is 9.90 Å². The summed E-state index contributed by atoms with van der Waals surface area (Å²) < 4.78 is 2.18. The SMILES string of the molecule is O=C(O)c1cccc2c3c(n(Cc4ccccc4Cl)c12)CCCC3. The van der Waals surface area contributed by atoms with Gasteiger partial charge >= 0.3 is 5.97 Å². The highest BCUT2D eigenvalue weighted by molar-refractivity contribution is 6.31. The smallest absolute Gasteiger partial charge is 0.337 e. The molecule has 1 N–H and O–H groups in total. The summed E-state index contributed by atoms with van der Waals surface area (Å²) in [6.07, 6.45) is 4.32. The molecule has 0 fully saturated rings. The van der Waals surface area contributed by atoms with E-state index in [0.29, 0.717) is 12.1 Å². The van der Waals surface area contributed by atoms with Gasteiger partial charge in [0, 0.05) is 22.6 Å². The number of rotatable bonds is 3. The first-order valence-electron chi connectivity index (χ1n) is 8.26. The van der Waals surface area contributed by atoms with Crippen molar-refractivity contribution in [1.29, 1.82) is 0 Å². The molecule has 1 heterocycles. The lowest BCUT2D eigenvalue weighted by Crippen LogP contribution is -2.11. The van der Waals surface area contributed by atoms with E-state index in [4.69, 9.17) is 11.6 Å². The van der Waals surface area contributed by atoms with Gasteiger partial charge in [0.2, 0.25) is 0 Å². The molecule has 0 spiro atoms. The number of fused-ring (bicyclic) bond motifs is 3. The molecule has 0 bridgehead atoms. The van der Waals surface area contributed by atoms with E-state index in [2.05, 4.69) is 10.6 Å². The quantitative estimate of drug-likeness (QED) is 0.736. The Labute approximate surface area is 145 Å². The number of aromatic nitrogens is 1. The first kappa shape index (κ1) is 15.3. The first-order chi connectivity index (χ1) is 11.7. The minimum Gasteiger partial charge on any atom is -0.478 e. The van der Waals surface area contributed by atoms with Crippen molar-refractivity contribution in [2.45, 2.75) is 32.2 Å². The molecule has 2 aromatic carbocycles. The van der Waals surface area contributed by atoms with Gasteiger partial charge in [-0.3, -0.25) is 0 Å². The molecule has 0 radical (unpaired) electrons. The Balaban J connectivity index is 1.99. The van der Waals surface area contributed by atoms with Crippen molar-refractivity contribution in [2.75, 3.05) is 0 Å². The standard InChI is InChI=1S/C20H18ClNO2/c21-17-10-3-1-6-13(17)12-22-18-11-4-2-7-14(18)15-8-5-9-16(19(15)22)20(23)24/h1,3,5-6,8-10H,2,4,7,11-12H2,(H,23,24). The van der Waals surface area contributed by atoms with E-state index in [1.54, 1.807) is 6.07 Å². The zero-order chi connectivity index (χ0) is 16.7. The van der Waals surface area contributed by atoms with Crippen LogP contribution in [0.25, 0.3) is 10.9 Å². The molecule has 4 heteroatoms. The van der Waals surface area contributed by atoms with Crippen LogP contribution in [0.15, 0.2) is 42.5 Å². The van der Waals surface area contributed by atoms with Gasteiger partial charge in [-0.1, -0.05) is 41.9 Å². The molecular formula is C20H18ClNO2. The lowest BCUT2D eigenvalue weighted by molar-refractivity contribution is 0.0698. The Bertz CT molecular complexity index is 942. The molecule has 4 rings (SSSR count). The normalized spacial score (nSPS) is 13.9. The highest BCUT2D eigenvalue weighted by Gasteiger charge is 2.23. The summed E-state index contributed by atoms with van der Waals surface area (Å²) in [5.41, 5.74) is 4.80. The Morgan fingerprint density at radius 1 is 1.08 bits per heavy atom. The van der Waals surface area contributed by atoms with Crippen molar-refractivity contribution in [2.24, 2.45) is 0 Å². The molecule has 122 valence electrons. The number of benzene rings is 2. The van der Waals surface area contributed by atoms with Crippen molar-refractivity contribution in [3.8, 4) is 0 Å². The summed E-state index contributed by atoms with van der Waals surface area (Å²) in [5.74, 6) is -0.879. The molecule has 3 aromatic rings. The predicted octanol–water partition coefficient (Wildman–Crippen LogP) is 4.92. The molecule has 3 nitrogen and oxygen atoms in total. The Morgan fingerprint density at radius 2 is 1.88 bits per heavy atom. The van der Waals surface area contributed by atoms with Crippen molar-refractivity contribution in [1.82, 2.24) is 4.57 Å². The van der Waals surface area contributed by atoms with Crippen LogP contribution in [0.1, 0.15) is 40.0 Å². The molecule has 0 aliphatic heterocycles. The van der Waals surface area contributed by atoms with Gasteiger partial charge in [-0.15, -0.1) is 0 Å². The van der Waals surface area contributed by atoms with Crippen LogP contribution in [0.5, 0.6) is 0 Å². The number of halogens is 1. The van der Waals surface area contributed by atoms with E-state index in [-0.39, 0.29) is 0 Å². The van der Waals surface area contributed by atoms with E-state index in [0.717, 1.165) is 47.2 Å². The van der Waals surface area contributed by atoms with Gasteiger partial charge in [-0.25, -0.2) is 4.79 Å².